The van der Waals surface area contributed by atoms with Gasteiger partial charge in [-0.25, -0.2) is 0 Å². The fourth-order valence-corrected chi connectivity index (χ4v) is 4.59. The molecule has 0 aromatic heterocycles. The van der Waals surface area contributed by atoms with Crippen molar-refractivity contribution in [3.05, 3.63) is 0 Å². The number of quaternary nitrogens is 1. The monoisotopic (exact) mass is 485 g/mol. The molecular weight excluding hydrogens is 426 g/mol. The number of likely N-dealkylation sites (N-methyl/N-ethyl adjacent to an activating group) is 1. The van der Waals surface area contributed by atoms with Crippen LogP contribution in [0.25, 0.3) is 0 Å². The minimum atomic E-state index is -1.08. The zero-order chi connectivity index (χ0) is 25.5. The van der Waals surface area contributed by atoms with Gasteiger partial charge in [-0.05, 0) is 12.8 Å². The lowest BCUT2D eigenvalue weighted by Gasteiger charge is -2.29. The first kappa shape index (κ1) is 33.4. The van der Waals surface area contributed by atoms with Gasteiger partial charge in [0.05, 0.1) is 27.2 Å². The van der Waals surface area contributed by atoms with Crippen molar-refractivity contribution in [2.24, 2.45) is 0 Å². The van der Waals surface area contributed by atoms with Crippen molar-refractivity contribution < 1.29 is 24.2 Å². The Morgan fingerprint density at radius 2 is 1.15 bits per heavy atom. The minimum absolute atomic E-state index is 0.0925. The number of unbranched alkanes of at least 4 members (excludes halogenated alkanes) is 16. The quantitative estimate of drug-likeness (QED) is 0.120. The zero-order valence-corrected chi connectivity index (χ0v) is 23.3. The highest BCUT2D eigenvalue weighted by atomic mass is 16.5. The predicted octanol–water partition coefficient (Wildman–Crippen LogP) is 6.01. The summed E-state index contributed by atoms with van der Waals surface area (Å²) in [5.41, 5.74) is 0. The van der Waals surface area contributed by atoms with Gasteiger partial charge >= 0.3 is 0 Å². The van der Waals surface area contributed by atoms with E-state index in [4.69, 9.17) is 4.74 Å². The summed E-state index contributed by atoms with van der Waals surface area (Å²) in [5.74, 6) is -1.08. The highest BCUT2D eigenvalue weighted by Crippen LogP contribution is 2.15. The van der Waals surface area contributed by atoms with E-state index in [2.05, 4.69) is 6.92 Å². The van der Waals surface area contributed by atoms with Gasteiger partial charge in [0.1, 0.15) is 12.6 Å². The molecule has 2 atom stereocenters. The molecule has 1 N–H and O–H groups in total. The van der Waals surface area contributed by atoms with Crippen LogP contribution < -0.4 is 5.11 Å². The second-order valence-corrected chi connectivity index (χ2v) is 11.4. The van der Waals surface area contributed by atoms with E-state index in [0.29, 0.717) is 24.1 Å². The van der Waals surface area contributed by atoms with Crippen molar-refractivity contribution in [2.75, 3.05) is 34.3 Å². The van der Waals surface area contributed by atoms with Gasteiger partial charge in [-0.1, -0.05) is 116 Å². The number of carbonyl (C=O) groups excluding carboxylic acids is 1. The summed E-state index contributed by atoms with van der Waals surface area (Å²) in [6, 6.07) is 0. The molecule has 204 valence electrons. The Kier molecular flexibility index (Phi) is 22.4. The van der Waals surface area contributed by atoms with Crippen LogP contribution in [0.3, 0.4) is 0 Å². The molecule has 34 heavy (non-hydrogen) atoms. The zero-order valence-electron chi connectivity index (χ0n) is 23.3. The number of carboxylic acids is 1. The highest BCUT2D eigenvalue weighted by molar-refractivity contribution is 5.64. The molecule has 0 aromatic carbocycles. The van der Waals surface area contributed by atoms with Gasteiger partial charge < -0.3 is 24.2 Å². The van der Waals surface area contributed by atoms with Gasteiger partial charge in [0.2, 0.25) is 0 Å². The number of nitrogens with zero attached hydrogens (tertiary/aromatic N) is 1. The fraction of sp³-hybridized carbons (Fsp3) is 0.966. The van der Waals surface area contributed by atoms with E-state index in [1.165, 1.54) is 103 Å². The Bertz CT molecular complexity index is 450. The lowest BCUT2D eigenvalue weighted by Crippen LogP contribution is -2.44. The summed E-state index contributed by atoms with van der Waals surface area (Å²) < 4.78 is 6.38. The number of hydrogen-bond acceptors (Lipinski definition) is 4. The molecule has 0 aliphatic carbocycles. The molecule has 5 nitrogen and oxygen atoms in total. The van der Waals surface area contributed by atoms with Gasteiger partial charge in [0.15, 0.2) is 0 Å². The van der Waals surface area contributed by atoms with Crippen molar-refractivity contribution in [1.29, 1.82) is 0 Å². The van der Waals surface area contributed by atoms with E-state index >= 15 is 0 Å². The molecule has 5 heteroatoms. The summed E-state index contributed by atoms with van der Waals surface area (Å²) in [7, 11) is 6.04. The number of carbonyl (C=O) groups is 1. The van der Waals surface area contributed by atoms with Crippen molar-refractivity contribution in [3.63, 3.8) is 0 Å². The molecular formula is C29H59NO4. The number of rotatable bonds is 26. The lowest BCUT2D eigenvalue weighted by molar-refractivity contribution is -0.873. The molecule has 0 fully saturated rings. The van der Waals surface area contributed by atoms with Crippen LogP contribution in [0.1, 0.15) is 135 Å². The summed E-state index contributed by atoms with van der Waals surface area (Å²) in [6.07, 6.45) is 23.7. The van der Waals surface area contributed by atoms with Crippen LogP contribution in [0.4, 0.5) is 0 Å². The summed E-state index contributed by atoms with van der Waals surface area (Å²) >= 11 is 0. The molecule has 0 bridgehead atoms. The Morgan fingerprint density at radius 3 is 1.53 bits per heavy atom. The minimum Gasteiger partial charge on any atom is -0.550 e. The van der Waals surface area contributed by atoms with Gasteiger partial charge in [-0.3, -0.25) is 0 Å². The average Bonchev–Trinajstić information content (AvgIpc) is 2.74. The largest absolute Gasteiger partial charge is 0.550 e. The third-order valence-electron chi connectivity index (χ3n) is 6.59. The first-order valence-electron chi connectivity index (χ1n) is 14.5. The van der Waals surface area contributed by atoms with E-state index in [-0.39, 0.29) is 18.6 Å². The molecule has 0 aliphatic heterocycles. The van der Waals surface area contributed by atoms with Crippen LogP contribution in [0.2, 0.25) is 0 Å². The summed E-state index contributed by atoms with van der Waals surface area (Å²) in [4.78, 5) is 10.9. The number of aliphatic hydroxyl groups is 1. The predicted molar refractivity (Wildman–Crippen MR) is 142 cm³/mol. The molecule has 0 rings (SSSR count). The molecule has 0 radical (unpaired) electrons. The highest BCUT2D eigenvalue weighted by Gasteiger charge is 2.19. The Balaban J connectivity index is 3.45. The SMILES string of the molecule is CCCCCCCCCCCCCCCCCCCC(O)CCOC(CC(=O)[O-])C[N+](C)(C)C. The van der Waals surface area contributed by atoms with E-state index in [9.17, 15) is 15.0 Å². The molecule has 0 spiro atoms. The molecule has 0 heterocycles. The number of aliphatic carboxylic acids is 1. The Morgan fingerprint density at radius 1 is 0.735 bits per heavy atom. The van der Waals surface area contributed by atoms with E-state index in [0.717, 1.165) is 12.8 Å². The van der Waals surface area contributed by atoms with Gasteiger partial charge in [0, 0.05) is 19.0 Å². The molecule has 0 aromatic rings. The smallest absolute Gasteiger partial charge is 0.112 e. The van der Waals surface area contributed by atoms with Gasteiger partial charge in [0.25, 0.3) is 0 Å². The third-order valence-corrected chi connectivity index (χ3v) is 6.59. The van der Waals surface area contributed by atoms with Gasteiger partial charge in [-0.2, -0.15) is 0 Å². The number of aliphatic hydroxyl groups excluding tert-OH is 1. The van der Waals surface area contributed by atoms with Crippen LogP contribution in [-0.2, 0) is 9.53 Å². The first-order chi connectivity index (χ1) is 16.2. The van der Waals surface area contributed by atoms with Crippen LogP contribution in [-0.4, -0.2) is 62.1 Å². The number of ether oxygens (including phenoxy) is 1. The first-order valence-corrected chi connectivity index (χ1v) is 14.5. The van der Waals surface area contributed by atoms with Crippen LogP contribution in [0, 0.1) is 0 Å². The maximum atomic E-state index is 10.9. The maximum Gasteiger partial charge on any atom is 0.112 e. The molecule has 0 amide bonds. The summed E-state index contributed by atoms with van der Waals surface area (Å²) in [6.45, 7) is 3.29. The normalized spacial score (nSPS) is 13.8. The van der Waals surface area contributed by atoms with Crippen molar-refractivity contribution in [3.8, 4) is 0 Å². The number of hydrogen-bond donors (Lipinski definition) is 1. The van der Waals surface area contributed by atoms with E-state index in [1.54, 1.807) is 0 Å². The maximum absolute atomic E-state index is 10.9. The van der Waals surface area contributed by atoms with Crippen LogP contribution >= 0.6 is 0 Å². The topological polar surface area (TPSA) is 69.6 Å². The molecule has 2 unspecified atom stereocenters. The molecule has 0 saturated heterocycles. The second kappa shape index (κ2) is 22.8. The van der Waals surface area contributed by atoms with E-state index in [1.807, 2.05) is 21.1 Å². The van der Waals surface area contributed by atoms with Crippen molar-refractivity contribution in [2.45, 2.75) is 148 Å². The van der Waals surface area contributed by atoms with Crippen molar-refractivity contribution in [1.82, 2.24) is 0 Å². The van der Waals surface area contributed by atoms with Crippen LogP contribution in [0.15, 0.2) is 0 Å². The van der Waals surface area contributed by atoms with E-state index < -0.39 is 5.97 Å². The number of carboxylic acid groups (broad SMARTS) is 1. The van der Waals surface area contributed by atoms with Gasteiger partial charge in [-0.15, -0.1) is 0 Å². The lowest BCUT2D eigenvalue weighted by atomic mass is 10.0. The second-order valence-electron chi connectivity index (χ2n) is 11.4. The standard InChI is InChI=1S/C29H59NO4/c1-5-6-7-8-9-10-11-12-13-14-15-16-17-18-19-20-21-22-27(31)23-24-34-28(25-29(32)33)26-30(2,3)4/h27-28,31H,5-26H2,1-4H3. The molecule has 0 aliphatic rings. The molecule has 0 saturated carbocycles. The summed E-state index contributed by atoms with van der Waals surface area (Å²) in [5, 5.41) is 21.1. The third kappa shape index (κ3) is 26.0. The fourth-order valence-electron chi connectivity index (χ4n) is 4.59. The Labute approximate surface area is 212 Å². The van der Waals surface area contributed by atoms with Crippen molar-refractivity contribution >= 4 is 5.97 Å². The van der Waals surface area contributed by atoms with Crippen LogP contribution in [0.5, 0.6) is 0 Å². The average molecular weight is 486 g/mol. The Hall–Kier alpha value is -0.650.